The van der Waals surface area contributed by atoms with E-state index in [1.807, 2.05) is 12.1 Å². The number of phenols is 1. The molecule has 2 aromatic heterocycles. The van der Waals surface area contributed by atoms with Crippen LogP contribution in [0.15, 0.2) is 69.8 Å². The molecule has 4 rings (SSSR count). The van der Waals surface area contributed by atoms with Gasteiger partial charge >= 0.3 is 5.97 Å². The molecule has 0 saturated carbocycles. The van der Waals surface area contributed by atoms with E-state index in [2.05, 4.69) is 9.98 Å². The van der Waals surface area contributed by atoms with Crippen molar-refractivity contribution < 1.29 is 14.6 Å². The molecule has 1 N–H and O–H groups in total. The SMILES string of the molecule is CCOC(=O)C1=C(C)N=c2s/c(=C\c3ccncc3)c(=O)n2C1c1ccc(O)cc1. The summed E-state index contributed by atoms with van der Waals surface area (Å²) in [5.41, 5.74) is 2.09. The van der Waals surface area contributed by atoms with E-state index in [0.717, 1.165) is 5.56 Å². The Kier molecular flexibility index (Phi) is 5.33. The second kappa shape index (κ2) is 8.08. The average molecular weight is 421 g/mol. The maximum absolute atomic E-state index is 13.3. The molecule has 0 radical (unpaired) electrons. The molecule has 0 aliphatic carbocycles. The standard InChI is InChI=1S/C22H19N3O4S/c1-3-29-21(28)18-13(2)24-22-25(19(18)15-4-6-16(26)7-5-15)20(27)17(30-22)12-14-8-10-23-11-9-14/h4-12,19,26H,3H2,1-2H3/b17-12-. The van der Waals surface area contributed by atoms with Crippen LogP contribution >= 0.6 is 11.3 Å². The van der Waals surface area contributed by atoms with E-state index in [1.165, 1.54) is 28.0 Å². The highest BCUT2D eigenvalue weighted by Crippen LogP contribution is 2.31. The van der Waals surface area contributed by atoms with Crippen molar-refractivity contribution in [3.05, 3.63) is 90.9 Å². The first-order valence-corrected chi connectivity index (χ1v) is 10.2. The molecule has 30 heavy (non-hydrogen) atoms. The van der Waals surface area contributed by atoms with Gasteiger partial charge in [-0.05, 0) is 55.3 Å². The van der Waals surface area contributed by atoms with Crippen molar-refractivity contribution in [2.75, 3.05) is 6.61 Å². The molecular weight excluding hydrogens is 402 g/mol. The number of carbonyl (C=O) groups is 1. The predicted octanol–water partition coefficient (Wildman–Crippen LogP) is 1.90. The van der Waals surface area contributed by atoms with Crippen LogP contribution in [-0.2, 0) is 9.53 Å². The Morgan fingerprint density at radius 1 is 1.23 bits per heavy atom. The van der Waals surface area contributed by atoms with E-state index in [-0.39, 0.29) is 17.9 Å². The summed E-state index contributed by atoms with van der Waals surface area (Å²) in [6.45, 7) is 3.68. The van der Waals surface area contributed by atoms with Crippen molar-refractivity contribution >= 4 is 23.4 Å². The number of hydrogen-bond donors (Lipinski definition) is 1. The summed E-state index contributed by atoms with van der Waals surface area (Å²) in [6, 6.07) is 9.37. The molecule has 8 heteroatoms. The molecule has 7 nitrogen and oxygen atoms in total. The number of aromatic hydroxyl groups is 1. The van der Waals surface area contributed by atoms with Crippen molar-refractivity contribution in [2.45, 2.75) is 19.9 Å². The highest BCUT2D eigenvalue weighted by Gasteiger charge is 2.33. The lowest BCUT2D eigenvalue weighted by atomic mass is 9.96. The van der Waals surface area contributed by atoms with Crippen molar-refractivity contribution in [3.8, 4) is 5.75 Å². The fourth-order valence-corrected chi connectivity index (χ4v) is 4.42. The molecule has 0 spiro atoms. The summed E-state index contributed by atoms with van der Waals surface area (Å²) in [5.74, 6) is -0.414. The number of rotatable bonds is 4. The van der Waals surface area contributed by atoms with E-state index in [9.17, 15) is 14.7 Å². The lowest BCUT2D eigenvalue weighted by Crippen LogP contribution is -2.39. The minimum atomic E-state index is -0.694. The Labute approximate surface area is 175 Å². The Balaban J connectivity index is 1.96. The summed E-state index contributed by atoms with van der Waals surface area (Å²) >= 11 is 1.26. The van der Waals surface area contributed by atoms with Gasteiger partial charge in [0, 0.05) is 12.4 Å². The van der Waals surface area contributed by atoms with Gasteiger partial charge in [0.25, 0.3) is 5.56 Å². The number of ether oxygens (including phenoxy) is 1. The quantitative estimate of drug-likeness (QED) is 0.650. The largest absolute Gasteiger partial charge is 0.508 e. The highest BCUT2D eigenvalue weighted by atomic mass is 32.1. The minimum absolute atomic E-state index is 0.0993. The minimum Gasteiger partial charge on any atom is -0.508 e. The second-order valence-corrected chi connectivity index (χ2v) is 7.68. The number of hydrogen-bond acceptors (Lipinski definition) is 7. The zero-order valence-corrected chi connectivity index (χ0v) is 17.2. The molecule has 3 aromatic rings. The first-order valence-electron chi connectivity index (χ1n) is 9.38. The first-order chi connectivity index (χ1) is 14.5. The number of pyridine rings is 1. The van der Waals surface area contributed by atoms with Gasteiger partial charge in [0.1, 0.15) is 5.75 Å². The van der Waals surface area contributed by atoms with Crippen LogP contribution in [0.3, 0.4) is 0 Å². The zero-order chi connectivity index (χ0) is 21.3. The van der Waals surface area contributed by atoms with Crippen molar-refractivity contribution in [1.82, 2.24) is 9.55 Å². The molecular formula is C22H19N3O4S. The van der Waals surface area contributed by atoms with E-state index >= 15 is 0 Å². The molecule has 1 atom stereocenters. The monoisotopic (exact) mass is 421 g/mol. The van der Waals surface area contributed by atoms with Crippen LogP contribution < -0.4 is 14.9 Å². The summed E-state index contributed by atoms with van der Waals surface area (Å²) in [7, 11) is 0. The van der Waals surface area contributed by atoms with Crippen molar-refractivity contribution in [2.24, 2.45) is 4.99 Å². The highest BCUT2D eigenvalue weighted by molar-refractivity contribution is 7.07. The number of phenolic OH excluding ortho intramolecular Hbond substituents is 1. The number of allylic oxidation sites excluding steroid dienone is 1. The number of esters is 1. The lowest BCUT2D eigenvalue weighted by molar-refractivity contribution is -0.139. The van der Waals surface area contributed by atoms with Gasteiger partial charge in [-0.25, -0.2) is 9.79 Å². The van der Waals surface area contributed by atoms with Crippen LogP contribution in [-0.4, -0.2) is 27.2 Å². The summed E-state index contributed by atoms with van der Waals surface area (Å²) in [5, 5.41) is 9.69. The zero-order valence-electron chi connectivity index (χ0n) is 16.4. The van der Waals surface area contributed by atoms with Crippen LogP contribution in [0.5, 0.6) is 5.75 Å². The van der Waals surface area contributed by atoms with Gasteiger partial charge < -0.3 is 9.84 Å². The van der Waals surface area contributed by atoms with Crippen LogP contribution in [0, 0.1) is 0 Å². The number of nitrogens with zero attached hydrogens (tertiary/aromatic N) is 3. The first kappa shape index (κ1) is 19.8. The van der Waals surface area contributed by atoms with E-state index in [4.69, 9.17) is 4.74 Å². The summed E-state index contributed by atoms with van der Waals surface area (Å²) in [4.78, 5) is 35.1. The third kappa shape index (κ3) is 3.57. The fraction of sp³-hybridized carbons (Fsp3) is 0.182. The molecule has 0 bridgehead atoms. The van der Waals surface area contributed by atoms with Crippen LogP contribution in [0.4, 0.5) is 0 Å². The fourth-order valence-electron chi connectivity index (χ4n) is 3.37. The van der Waals surface area contributed by atoms with Gasteiger partial charge in [-0.1, -0.05) is 23.5 Å². The predicted molar refractivity (Wildman–Crippen MR) is 113 cm³/mol. The summed E-state index contributed by atoms with van der Waals surface area (Å²) < 4.78 is 7.27. The van der Waals surface area contributed by atoms with Crippen LogP contribution in [0.2, 0.25) is 0 Å². The molecule has 0 amide bonds. The second-order valence-electron chi connectivity index (χ2n) is 6.67. The van der Waals surface area contributed by atoms with Gasteiger partial charge in [-0.15, -0.1) is 0 Å². The molecule has 1 unspecified atom stereocenters. The molecule has 3 heterocycles. The van der Waals surface area contributed by atoms with Crippen molar-refractivity contribution in [1.29, 1.82) is 0 Å². The molecule has 1 aliphatic rings. The number of thiazole rings is 1. The third-order valence-corrected chi connectivity index (χ3v) is 5.71. The number of benzene rings is 1. The number of carbonyl (C=O) groups excluding carboxylic acids is 1. The number of fused-ring (bicyclic) bond motifs is 1. The Morgan fingerprint density at radius 2 is 1.93 bits per heavy atom. The Hall–Kier alpha value is -3.52. The van der Waals surface area contributed by atoms with Crippen LogP contribution in [0.1, 0.15) is 31.0 Å². The van der Waals surface area contributed by atoms with Gasteiger partial charge in [0.2, 0.25) is 0 Å². The number of aromatic nitrogens is 2. The molecule has 152 valence electrons. The third-order valence-electron chi connectivity index (χ3n) is 4.73. The Bertz CT molecular complexity index is 1310. The van der Waals surface area contributed by atoms with Crippen molar-refractivity contribution in [3.63, 3.8) is 0 Å². The Morgan fingerprint density at radius 3 is 2.60 bits per heavy atom. The van der Waals surface area contributed by atoms with E-state index in [0.29, 0.717) is 26.2 Å². The van der Waals surface area contributed by atoms with E-state index < -0.39 is 12.0 Å². The van der Waals surface area contributed by atoms with Gasteiger partial charge in [0.05, 0.1) is 28.5 Å². The molecule has 1 aliphatic heterocycles. The molecule has 0 fully saturated rings. The topological polar surface area (TPSA) is 93.8 Å². The molecule has 0 saturated heterocycles. The summed E-state index contributed by atoms with van der Waals surface area (Å²) in [6.07, 6.45) is 5.10. The van der Waals surface area contributed by atoms with Crippen LogP contribution in [0.25, 0.3) is 6.08 Å². The van der Waals surface area contributed by atoms with Gasteiger partial charge in [-0.3, -0.25) is 14.3 Å². The van der Waals surface area contributed by atoms with Gasteiger partial charge in [0.15, 0.2) is 4.80 Å². The van der Waals surface area contributed by atoms with Gasteiger partial charge in [-0.2, -0.15) is 0 Å². The maximum Gasteiger partial charge on any atom is 0.338 e. The maximum atomic E-state index is 13.3. The van der Waals surface area contributed by atoms with E-state index in [1.54, 1.807) is 44.4 Å². The lowest BCUT2D eigenvalue weighted by Gasteiger charge is -2.24. The average Bonchev–Trinajstić information content (AvgIpc) is 3.03. The molecule has 1 aromatic carbocycles. The smallest absolute Gasteiger partial charge is 0.338 e. The normalized spacial score (nSPS) is 16.2.